The number of nitrogens with one attached hydrogen (secondary N) is 2. The molecule has 2 N–H and O–H groups in total. The fourth-order valence-corrected chi connectivity index (χ4v) is 3.79. The molecular weight excluding hydrogens is 351 g/mol. The van der Waals surface area contributed by atoms with E-state index in [0.717, 1.165) is 18.1 Å². The van der Waals surface area contributed by atoms with Gasteiger partial charge in [-0.1, -0.05) is 24.3 Å². The number of rotatable bonds is 6. The van der Waals surface area contributed by atoms with E-state index in [1.54, 1.807) is 24.3 Å². The van der Waals surface area contributed by atoms with Gasteiger partial charge < -0.3 is 15.4 Å². The highest BCUT2D eigenvalue weighted by molar-refractivity contribution is 7.99. The van der Waals surface area contributed by atoms with Crippen LogP contribution in [0.4, 0.5) is 4.39 Å². The summed E-state index contributed by atoms with van der Waals surface area (Å²) in [6.07, 6.45) is 0.440. The summed E-state index contributed by atoms with van der Waals surface area (Å²) in [5, 5.41) is 6.29. The third-order valence-electron chi connectivity index (χ3n) is 4.23. The molecule has 1 fully saturated rings. The number of hydrogen-bond donors (Lipinski definition) is 2. The molecule has 1 heterocycles. The predicted molar refractivity (Wildman–Crippen MR) is 103 cm³/mol. The zero-order valence-electron chi connectivity index (χ0n) is 14.7. The molecule has 0 saturated carbocycles. The van der Waals surface area contributed by atoms with Crippen LogP contribution in [0.25, 0.3) is 0 Å². The molecule has 1 amide bonds. The monoisotopic (exact) mass is 374 g/mol. The molecule has 138 valence electrons. The molecule has 3 rings (SSSR count). The standard InChI is InChI=1S/C20H23FN2O2S/c1-14(23-20(24)12-16-13-26-10-9-22-16)15-7-8-19(18(21)11-15)25-17-5-3-2-4-6-17/h2-8,11,14,16,22H,9-10,12-13H2,1H3,(H,23,24). The Kier molecular flexibility index (Phi) is 6.52. The van der Waals surface area contributed by atoms with Gasteiger partial charge in [0.1, 0.15) is 5.75 Å². The van der Waals surface area contributed by atoms with Crippen molar-refractivity contribution in [2.75, 3.05) is 18.1 Å². The Bertz CT molecular complexity index is 736. The summed E-state index contributed by atoms with van der Waals surface area (Å²) in [4.78, 5) is 12.2. The first kappa shape index (κ1) is 18.7. The van der Waals surface area contributed by atoms with Crippen LogP contribution in [-0.2, 0) is 4.79 Å². The molecule has 2 aromatic carbocycles. The lowest BCUT2D eigenvalue weighted by atomic mass is 10.1. The van der Waals surface area contributed by atoms with E-state index < -0.39 is 5.82 Å². The van der Waals surface area contributed by atoms with E-state index in [2.05, 4.69) is 10.6 Å². The van der Waals surface area contributed by atoms with Crippen molar-refractivity contribution in [2.45, 2.75) is 25.4 Å². The molecular formula is C20H23FN2O2S. The highest BCUT2D eigenvalue weighted by atomic mass is 32.2. The fraction of sp³-hybridized carbons (Fsp3) is 0.350. The van der Waals surface area contributed by atoms with Gasteiger partial charge in [0.25, 0.3) is 0 Å². The van der Waals surface area contributed by atoms with Crippen LogP contribution in [0.5, 0.6) is 11.5 Å². The topological polar surface area (TPSA) is 50.4 Å². The maximum atomic E-state index is 14.4. The molecule has 0 radical (unpaired) electrons. The van der Waals surface area contributed by atoms with Crippen molar-refractivity contribution < 1.29 is 13.9 Å². The van der Waals surface area contributed by atoms with E-state index in [1.807, 2.05) is 36.9 Å². The first-order valence-electron chi connectivity index (χ1n) is 8.74. The third kappa shape index (κ3) is 5.22. The van der Waals surface area contributed by atoms with Gasteiger partial charge in [-0.25, -0.2) is 4.39 Å². The van der Waals surface area contributed by atoms with Gasteiger partial charge in [0.15, 0.2) is 11.6 Å². The summed E-state index contributed by atoms with van der Waals surface area (Å²) >= 11 is 1.86. The predicted octanol–water partition coefficient (Wildman–Crippen LogP) is 3.89. The maximum Gasteiger partial charge on any atom is 0.222 e. The van der Waals surface area contributed by atoms with Crippen molar-refractivity contribution in [3.8, 4) is 11.5 Å². The summed E-state index contributed by atoms with van der Waals surface area (Å²) in [5.74, 6) is 2.31. The summed E-state index contributed by atoms with van der Waals surface area (Å²) in [5.41, 5.74) is 0.710. The van der Waals surface area contributed by atoms with E-state index in [9.17, 15) is 9.18 Å². The summed E-state index contributed by atoms with van der Waals surface area (Å²) in [6, 6.07) is 13.8. The number of ether oxygens (including phenoxy) is 1. The van der Waals surface area contributed by atoms with Crippen molar-refractivity contribution in [1.82, 2.24) is 10.6 Å². The van der Waals surface area contributed by atoms with Crippen LogP contribution in [0.3, 0.4) is 0 Å². The molecule has 6 heteroatoms. The van der Waals surface area contributed by atoms with Crippen molar-refractivity contribution in [2.24, 2.45) is 0 Å². The number of halogens is 1. The number of carbonyl (C=O) groups is 1. The second kappa shape index (κ2) is 9.05. The van der Waals surface area contributed by atoms with Crippen LogP contribution in [0.2, 0.25) is 0 Å². The largest absolute Gasteiger partial charge is 0.454 e. The first-order valence-corrected chi connectivity index (χ1v) is 9.90. The van der Waals surface area contributed by atoms with Gasteiger partial charge >= 0.3 is 0 Å². The summed E-state index contributed by atoms with van der Waals surface area (Å²) in [7, 11) is 0. The average Bonchev–Trinajstić information content (AvgIpc) is 2.65. The number of para-hydroxylation sites is 1. The van der Waals surface area contributed by atoms with Crippen LogP contribution in [0, 0.1) is 5.82 Å². The Hall–Kier alpha value is -2.05. The number of carbonyl (C=O) groups excluding carboxylic acids is 1. The van der Waals surface area contributed by atoms with E-state index in [0.29, 0.717) is 17.7 Å². The molecule has 0 bridgehead atoms. The SMILES string of the molecule is CC(NC(=O)CC1CSCCN1)c1ccc(Oc2ccccc2)c(F)c1. The molecule has 1 saturated heterocycles. The van der Waals surface area contributed by atoms with Gasteiger partial charge in [0.05, 0.1) is 6.04 Å². The lowest BCUT2D eigenvalue weighted by molar-refractivity contribution is -0.122. The minimum absolute atomic E-state index is 0.0254. The molecule has 0 aliphatic carbocycles. The van der Waals surface area contributed by atoms with E-state index in [-0.39, 0.29) is 23.7 Å². The van der Waals surface area contributed by atoms with Gasteiger partial charge in [-0.05, 0) is 36.8 Å². The molecule has 4 nitrogen and oxygen atoms in total. The molecule has 2 aromatic rings. The normalized spacial score (nSPS) is 18.2. The van der Waals surface area contributed by atoms with Gasteiger partial charge in [-0.3, -0.25) is 4.79 Å². The van der Waals surface area contributed by atoms with Crippen molar-refractivity contribution in [3.05, 3.63) is 59.9 Å². The van der Waals surface area contributed by atoms with Crippen molar-refractivity contribution in [1.29, 1.82) is 0 Å². The van der Waals surface area contributed by atoms with Gasteiger partial charge in [-0.15, -0.1) is 0 Å². The zero-order chi connectivity index (χ0) is 18.4. The number of hydrogen-bond acceptors (Lipinski definition) is 4. The Balaban J connectivity index is 1.58. The molecule has 1 aliphatic rings. The average molecular weight is 374 g/mol. The Morgan fingerprint density at radius 1 is 1.35 bits per heavy atom. The minimum atomic E-state index is -0.446. The lowest BCUT2D eigenvalue weighted by Gasteiger charge is -2.23. The van der Waals surface area contributed by atoms with E-state index in [4.69, 9.17) is 4.74 Å². The molecule has 26 heavy (non-hydrogen) atoms. The first-order chi connectivity index (χ1) is 12.6. The van der Waals surface area contributed by atoms with Gasteiger partial charge in [0.2, 0.25) is 5.91 Å². The van der Waals surface area contributed by atoms with E-state index in [1.165, 1.54) is 6.07 Å². The van der Waals surface area contributed by atoms with Gasteiger partial charge in [-0.2, -0.15) is 11.8 Å². The number of benzene rings is 2. The second-order valence-electron chi connectivity index (χ2n) is 6.32. The fourth-order valence-electron chi connectivity index (χ4n) is 2.84. The highest BCUT2D eigenvalue weighted by Gasteiger charge is 2.19. The van der Waals surface area contributed by atoms with Crippen LogP contribution >= 0.6 is 11.8 Å². The molecule has 2 atom stereocenters. The number of thioether (sulfide) groups is 1. The minimum Gasteiger partial charge on any atom is -0.454 e. The van der Waals surface area contributed by atoms with Gasteiger partial charge in [0, 0.05) is 30.5 Å². The van der Waals surface area contributed by atoms with Crippen molar-refractivity contribution >= 4 is 17.7 Å². The zero-order valence-corrected chi connectivity index (χ0v) is 15.5. The molecule has 0 spiro atoms. The van der Waals surface area contributed by atoms with Crippen molar-refractivity contribution in [3.63, 3.8) is 0 Å². The Morgan fingerprint density at radius 3 is 2.85 bits per heavy atom. The second-order valence-corrected chi connectivity index (χ2v) is 7.47. The van der Waals surface area contributed by atoms with Crippen LogP contribution in [0.15, 0.2) is 48.5 Å². The smallest absolute Gasteiger partial charge is 0.222 e. The quantitative estimate of drug-likeness (QED) is 0.805. The summed E-state index contributed by atoms with van der Waals surface area (Å²) in [6.45, 7) is 2.79. The third-order valence-corrected chi connectivity index (χ3v) is 5.37. The molecule has 2 unspecified atom stereocenters. The Labute approximate surface area is 157 Å². The van der Waals surface area contributed by atoms with Crippen LogP contribution in [-0.4, -0.2) is 30.0 Å². The molecule has 0 aromatic heterocycles. The number of amides is 1. The van der Waals surface area contributed by atoms with E-state index >= 15 is 0 Å². The van der Waals surface area contributed by atoms with Crippen LogP contribution in [0.1, 0.15) is 24.9 Å². The lowest BCUT2D eigenvalue weighted by Crippen LogP contribution is -2.41. The summed E-state index contributed by atoms with van der Waals surface area (Å²) < 4.78 is 19.9. The van der Waals surface area contributed by atoms with Crippen LogP contribution < -0.4 is 15.4 Å². The Morgan fingerprint density at radius 2 is 2.15 bits per heavy atom. The highest BCUT2D eigenvalue weighted by Crippen LogP contribution is 2.27. The maximum absolute atomic E-state index is 14.4. The molecule has 1 aliphatic heterocycles.